The third-order valence-corrected chi connectivity index (χ3v) is 3.34. The monoisotopic (exact) mass is 359 g/mol. The molecule has 0 radical (unpaired) electrons. The van der Waals surface area contributed by atoms with Crippen molar-refractivity contribution in [1.82, 2.24) is 19.6 Å². The van der Waals surface area contributed by atoms with Gasteiger partial charge in [-0.2, -0.15) is 10.2 Å². The van der Waals surface area contributed by atoms with Crippen molar-refractivity contribution in [2.75, 3.05) is 5.32 Å². The molecular weight excluding hydrogens is 346 g/mol. The molecule has 3 aromatic heterocycles. The number of amides is 2. The van der Waals surface area contributed by atoms with Crippen LogP contribution < -0.4 is 11.1 Å². The lowest BCUT2D eigenvalue weighted by Crippen LogP contribution is -2.17. The van der Waals surface area contributed by atoms with Gasteiger partial charge in [-0.3, -0.25) is 29.1 Å². The fourth-order valence-corrected chi connectivity index (χ4v) is 2.22. The Morgan fingerprint density at radius 3 is 2.81 bits per heavy atom. The van der Waals surface area contributed by atoms with Crippen molar-refractivity contribution in [2.45, 2.75) is 6.54 Å². The van der Waals surface area contributed by atoms with Crippen LogP contribution in [0.15, 0.2) is 35.1 Å². The van der Waals surface area contributed by atoms with Crippen molar-refractivity contribution in [2.24, 2.45) is 12.8 Å². The molecule has 2 amide bonds. The summed E-state index contributed by atoms with van der Waals surface area (Å²) in [7, 11) is 1.58. The van der Waals surface area contributed by atoms with E-state index in [2.05, 4.69) is 15.5 Å². The number of rotatable bonds is 6. The summed E-state index contributed by atoms with van der Waals surface area (Å²) < 4.78 is 8.06. The van der Waals surface area contributed by atoms with Gasteiger partial charge in [-0.1, -0.05) is 0 Å². The highest BCUT2D eigenvalue weighted by Gasteiger charge is 2.18. The highest BCUT2D eigenvalue weighted by molar-refractivity contribution is 6.06. The van der Waals surface area contributed by atoms with Crippen molar-refractivity contribution >= 4 is 23.2 Å². The molecule has 0 fully saturated rings. The van der Waals surface area contributed by atoms with Crippen LogP contribution in [0.1, 0.15) is 26.8 Å². The number of nitro groups is 1. The molecule has 0 unspecified atom stereocenters. The molecule has 0 aromatic carbocycles. The Hall–Kier alpha value is -3.96. The summed E-state index contributed by atoms with van der Waals surface area (Å²) in [6.07, 6.45) is 3.80. The van der Waals surface area contributed by atoms with Gasteiger partial charge in [0.1, 0.15) is 18.2 Å². The Bertz CT molecular complexity index is 999. The van der Waals surface area contributed by atoms with Gasteiger partial charge < -0.3 is 15.5 Å². The zero-order valence-electron chi connectivity index (χ0n) is 13.4. The second-order valence-corrected chi connectivity index (χ2v) is 5.30. The number of aromatic nitrogens is 4. The second kappa shape index (κ2) is 6.51. The van der Waals surface area contributed by atoms with Crippen LogP contribution in [-0.2, 0) is 13.6 Å². The summed E-state index contributed by atoms with van der Waals surface area (Å²) in [4.78, 5) is 33.7. The number of carbonyl (C=O) groups is 2. The molecule has 3 rings (SSSR count). The van der Waals surface area contributed by atoms with Crippen molar-refractivity contribution in [1.29, 1.82) is 0 Å². The number of hydrogen-bond donors (Lipinski definition) is 2. The first kappa shape index (κ1) is 16.9. The van der Waals surface area contributed by atoms with Crippen LogP contribution in [0.4, 0.5) is 11.4 Å². The third kappa shape index (κ3) is 3.43. The molecule has 0 atom stereocenters. The van der Waals surface area contributed by atoms with Gasteiger partial charge in [0.2, 0.25) is 0 Å². The van der Waals surface area contributed by atoms with Gasteiger partial charge >= 0.3 is 5.69 Å². The number of carbonyl (C=O) groups excluding carboxylic acids is 2. The Kier molecular flexibility index (Phi) is 4.22. The molecule has 3 heterocycles. The van der Waals surface area contributed by atoms with Gasteiger partial charge in [0.15, 0.2) is 11.5 Å². The fraction of sp³-hybridized carbons (Fsp3) is 0.143. The minimum Gasteiger partial charge on any atom is -0.454 e. The first-order chi connectivity index (χ1) is 12.3. The van der Waals surface area contributed by atoms with Crippen LogP contribution in [0.5, 0.6) is 0 Å². The first-order valence-corrected chi connectivity index (χ1v) is 7.24. The Morgan fingerprint density at radius 2 is 2.15 bits per heavy atom. The van der Waals surface area contributed by atoms with Crippen LogP contribution in [0, 0.1) is 10.1 Å². The summed E-state index contributed by atoms with van der Waals surface area (Å²) in [6, 6.07) is 2.98. The van der Waals surface area contributed by atoms with Crippen LogP contribution >= 0.6 is 0 Å². The molecule has 0 bridgehead atoms. The molecule has 0 saturated carbocycles. The smallest absolute Gasteiger partial charge is 0.307 e. The van der Waals surface area contributed by atoms with Gasteiger partial charge in [0, 0.05) is 13.2 Å². The van der Waals surface area contributed by atoms with Crippen molar-refractivity contribution in [3.05, 3.63) is 58.1 Å². The molecule has 134 valence electrons. The van der Waals surface area contributed by atoms with Crippen LogP contribution in [0.2, 0.25) is 0 Å². The molecule has 12 heteroatoms. The quantitative estimate of drug-likeness (QED) is 0.478. The Labute approximate surface area is 145 Å². The fourth-order valence-electron chi connectivity index (χ4n) is 2.22. The van der Waals surface area contributed by atoms with Crippen molar-refractivity contribution < 1.29 is 18.9 Å². The van der Waals surface area contributed by atoms with Crippen molar-refractivity contribution in [3.63, 3.8) is 0 Å². The molecule has 0 aliphatic rings. The molecule has 0 saturated heterocycles. The number of nitrogens with zero attached hydrogens (tertiary/aromatic N) is 5. The summed E-state index contributed by atoms with van der Waals surface area (Å²) in [5, 5.41) is 20.8. The van der Waals surface area contributed by atoms with E-state index in [1.165, 1.54) is 27.8 Å². The molecule has 12 nitrogen and oxygen atoms in total. The number of furan rings is 1. The molecule has 0 aliphatic carbocycles. The maximum absolute atomic E-state index is 12.3. The van der Waals surface area contributed by atoms with Gasteiger partial charge in [0.05, 0.1) is 17.2 Å². The normalized spacial score (nSPS) is 10.7. The predicted molar refractivity (Wildman–Crippen MR) is 86.4 cm³/mol. The van der Waals surface area contributed by atoms with E-state index in [-0.39, 0.29) is 29.4 Å². The number of hydrogen-bond acceptors (Lipinski definition) is 7. The van der Waals surface area contributed by atoms with Gasteiger partial charge in [-0.25, -0.2) is 0 Å². The van der Waals surface area contributed by atoms with E-state index < -0.39 is 16.7 Å². The lowest BCUT2D eigenvalue weighted by atomic mass is 10.3. The van der Waals surface area contributed by atoms with Crippen LogP contribution in [0.3, 0.4) is 0 Å². The summed E-state index contributed by atoms with van der Waals surface area (Å²) >= 11 is 0. The van der Waals surface area contributed by atoms with Crippen LogP contribution in [0.25, 0.3) is 0 Å². The van der Waals surface area contributed by atoms with Gasteiger partial charge in [0.25, 0.3) is 11.8 Å². The van der Waals surface area contributed by atoms with E-state index >= 15 is 0 Å². The van der Waals surface area contributed by atoms with E-state index in [1.807, 2.05) is 0 Å². The van der Waals surface area contributed by atoms with Gasteiger partial charge in [-0.15, -0.1) is 0 Å². The standard InChI is InChI=1S/C14H13N7O5/c1-19-7-10(12(18-19)13(15)22)17-14(23)11-3-2-9(26-11)6-20-5-8(4-16-20)21(24)25/h2-5,7H,6H2,1H3,(H2,15,22)(H,17,23). The molecule has 3 aromatic rings. The summed E-state index contributed by atoms with van der Waals surface area (Å²) in [6.45, 7) is 0.112. The first-order valence-electron chi connectivity index (χ1n) is 7.24. The van der Waals surface area contributed by atoms with E-state index in [0.717, 1.165) is 6.20 Å². The molecule has 26 heavy (non-hydrogen) atoms. The average Bonchev–Trinajstić information content (AvgIpc) is 3.27. The third-order valence-electron chi connectivity index (χ3n) is 3.34. The summed E-state index contributed by atoms with van der Waals surface area (Å²) in [5.41, 5.74) is 5.15. The van der Waals surface area contributed by atoms with Gasteiger partial charge in [-0.05, 0) is 12.1 Å². The maximum atomic E-state index is 12.3. The van der Waals surface area contributed by atoms with Crippen molar-refractivity contribution in [3.8, 4) is 0 Å². The molecule has 3 N–H and O–H groups in total. The highest BCUT2D eigenvalue weighted by atomic mass is 16.6. The zero-order chi connectivity index (χ0) is 18.8. The lowest BCUT2D eigenvalue weighted by Gasteiger charge is -2.01. The molecular formula is C14H13N7O5. The number of primary amides is 1. The minimum atomic E-state index is -0.777. The topological polar surface area (TPSA) is 164 Å². The Balaban J connectivity index is 1.72. The Morgan fingerprint density at radius 1 is 1.38 bits per heavy atom. The second-order valence-electron chi connectivity index (χ2n) is 5.30. The molecule has 0 aliphatic heterocycles. The maximum Gasteiger partial charge on any atom is 0.307 e. The SMILES string of the molecule is Cn1cc(NC(=O)c2ccc(Cn3cc([N+](=O)[O-])cn3)o2)c(C(N)=O)n1. The zero-order valence-corrected chi connectivity index (χ0v) is 13.4. The molecule has 0 spiro atoms. The average molecular weight is 359 g/mol. The minimum absolute atomic E-state index is 0.0130. The van der Waals surface area contributed by atoms with Crippen LogP contribution in [-0.4, -0.2) is 36.3 Å². The number of nitrogens with one attached hydrogen (secondary N) is 1. The summed E-state index contributed by atoms with van der Waals surface area (Å²) in [5.74, 6) is -1.02. The number of anilines is 1. The van der Waals surface area contributed by atoms with E-state index in [9.17, 15) is 19.7 Å². The van der Waals surface area contributed by atoms with E-state index in [4.69, 9.17) is 10.2 Å². The number of nitrogens with two attached hydrogens (primary N) is 1. The van der Waals surface area contributed by atoms with E-state index in [0.29, 0.717) is 5.76 Å². The number of aryl methyl sites for hydroxylation is 1. The largest absolute Gasteiger partial charge is 0.454 e. The predicted octanol–water partition coefficient (Wildman–Crippen LogP) is 0.517. The lowest BCUT2D eigenvalue weighted by molar-refractivity contribution is -0.385. The highest BCUT2D eigenvalue weighted by Crippen LogP contribution is 2.17. The van der Waals surface area contributed by atoms with E-state index in [1.54, 1.807) is 13.1 Å².